The third-order valence-electron chi connectivity index (χ3n) is 3.62. The Hall–Kier alpha value is -1.36. The van der Waals surface area contributed by atoms with Gasteiger partial charge in [0.25, 0.3) is 0 Å². The van der Waals surface area contributed by atoms with Crippen molar-refractivity contribution in [1.82, 2.24) is 20.4 Å². The van der Waals surface area contributed by atoms with Crippen LogP contribution in [-0.4, -0.2) is 28.9 Å². The van der Waals surface area contributed by atoms with Crippen molar-refractivity contribution in [3.8, 4) is 5.69 Å². The van der Waals surface area contributed by atoms with Crippen molar-refractivity contribution in [3.63, 3.8) is 0 Å². The van der Waals surface area contributed by atoms with E-state index in [1.54, 1.807) is 0 Å². The minimum atomic E-state index is 0. The zero-order valence-electron chi connectivity index (χ0n) is 11.5. The van der Waals surface area contributed by atoms with Crippen LogP contribution >= 0.6 is 12.4 Å². The molecule has 108 valence electrons. The molecule has 1 unspecified atom stereocenters. The lowest BCUT2D eigenvalue weighted by Gasteiger charge is -2.24. The summed E-state index contributed by atoms with van der Waals surface area (Å²) in [5, 5.41) is 11.4. The standard InChI is InChI=1S/C15H20N4.ClH/c1-2-7-15(19-10-4-9-18-19)13(5-1)11-17-14-6-3-8-16-12-14;/h1-2,4-5,7,9-10,14,16-17H,3,6,8,11-12H2;1H. The van der Waals surface area contributed by atoms with E-state index >= 15 is 0 Å². The van der Waals surface area contributed by atoms with Crippen LogP contribution < -0.4 is 10.6 Å². The van der Waals surface area contributed by atoms with Crippen LogP contribution in [0.2, 0.25) is 0 Å². The Morgan fingerprint density at radius 1 is 1.30 bits per heavy atom. The van der Waals surface area contributed by atoms with Gasteiger partial charge in [0.2, 0.25) is 0 Å². The summed E-state index contributed by atoms with van der Waals surface area (Å²) in [4.78, 5) is 0. The number of nitrogens with one attached hydrogen (secondary N) is 2. The molecule has 0 radical (unpaired) electrons. The van der Waals surface area contributed by atoms with Gasteiger partial charge in [0.05, 0.1) is 5.69 Å². The molecule has 20 heavy (non-hydrogen) atoms. The van der Waals surface area contributed by atoms with Crippen molar-refractivity contribution >= 4 is 12.4 Å². The minimum absolute atomic E-state index is 0. The number of halogens is 1. The number of hydrogen-bond acceptors (Lipinski definition) is 3. The molecule has 0 saturated carbocycles. The van der Waals surface area contributed by atoms with Crippen molar-refractivity contribution in [2.24, 2.45) is 0 Å². The molecule has 0 amide bonds. The van der Waals surface area contributed by atoms with Gasteiger partial charge in [-0.1, -0.05) is 18.2 Å². The first kappa shape index (κ1) is 15.0. The van der Waals surface area contributed by atoms with Crippen LogP contribution in [0.5, 0.6) is 0 Å². The molecular formula is C15H21ClN4. The van der Waals surface area contributed by atoms with Gasteiger partial charge in [0.1, 0.15) is 0 Å². The van der Waals surface area contributed by atoms with Crippen LogP contribution in [0.1, 0.15) is 18.4 Å². The van der Waals surface area contributed by atoms with E-state index in [0.29, 0.717) is 6.04 Å². The highest BCUT2D eigenvalue weighted by Gasteiger charge is 2.12. The second-order valence-electron chi connectivity index (χ2n) is 5.00. The van der Waals surface area contributed by atoms with E-state index in [2.05, 4.69) is 40.0 Å². The zero-order valence-corrected chi connectivity index (χ0v) is 12.3. The maximum Gasteiger partial charge on any atom is 0.0690 e. The fraction of sp³-hybridized carbons (Fsp3) is 0.400. The molecule has 1 aromatic carbocycles. The van der Waals surface area contributed by atoms with Gasteiger partial charge < -0.3 is 10.6 Å². The SMILES string of the molecule is Cl.c1ccc(-n2cccn2)c(CNC2CCCNC2)c1. The van der Waals surface area contributed by atoms with Crippen LogP contribution in [0.3, 0.4) is 0 Å². The summed E-state index contributed by atoms with van der Waals surface area (Å²) in [5.74, 6) is 0. The quantitative estimate of drug-likeness (QED) is 0.907. The van der Waals surface area contributed by atoms with Gasteiger partial charge in [-0.25, -0.2) is 4.68 Å². The van der Waals surface area contributed by atoms with Gasteiger partial charge >= 0.3 is 0 Å². The third-order valence-corrected chi connectivity index (χ3v) is 3.62. The Kier molecular flexibility index (Phi) is 5.59. The molecule has 0 bridgehead atoms. The molecule has 1 aliphatic heterocycles. The molecule has 5 heteroatoms. The predicted octanol–water partition coefficient (Wildman–Crippen LogP) is 2.14. The van der Waals surface area contributed by atoms with Gasteiger partial charge in [-0.2, -0.15) is 5.10 Å². The first-order valence-corrected chi connectivity index (χ1v) is 6.95. The molecular weight excluding hydrogens is 272 g/mol. The number of nitrogens with zero attached hydrogens (tertiary/aromatic N) is 2. The largest absolute Gasteiger partial charge is 0.315 e. The van der Waals surface area contributed by atoms with Gasteiger partial charge in [0, 0.05) is 31.5 Å². The van der Waals surface area contributed by atoms with Crippen LogP contribution in [-0.2, 0) is 6.54 Å². The lowest BCUT2D eigenvalue weighted by Crippen LogP contribution is -2.42. The number of benzene rings is 1. The van der Waals surface area contributed by atoms with Gasteiger partial charge in [-0.3, -0.25) is 0 Å². The maximum atomic E-state index is 4.32. The molecule has 1 saturated heterocycles. The first-order valence-electron chi connectivity index (χ1n) is 6.95. The van der Waals surface area contributed by atoms with Crippen molar-refractivity contribution in [2.45, 2.75) is 25.4 Å². The summed E-state index contributed by atoms with van der Waals surface area (Å²) in [7, 11) is 0. The zero-order chi connectivity index (χ0) is 12.9. The molecule has 0 aliphatic carbocycles. The summed E-state index contributed by atoms with van der Waals surface area (Å²) in [6.07, 6.45) is 6.33. The smallest absolute Gasteiger partial charge is 0.0690 e. The lowest BCUT2D eigenvalue weighted by molar-refractivity contribution is 0.389. The summed E-state index contributed by atoms with van der Waals surface area (Å²) >= 11 is 0. The second-order valence-corrected chi connectivity index (χ2v) is 5.00. The molecule has 2 N–H and O–H groups in total. The second kappa shape index (κ2) is 7.43. The molecule has 1 aromatic heterocycles. The Bertz CT molecular complexity index is 506. The van der Waals surface area contributed by atoms with E-state index in [1.165, 1.54) is 18.4 Å². The molecule has 0 spiro atoms. The van der Waals surface area contributed by atoms with E-state index in [1.807, 2.05) is 23.1 Å². The topological polar surface area (TPSA) is 41.9 Å². The molecule has 3 rings (SSSR count). The van der Waals surface area contributed by atoms with E-state index < -0.39 is 0 Å². The number of piperidine rings is 1. The predicted molar refractivity (Wildman–Crippen MR) is 83.5 cm³/mol. The monoisotopic (exact) mass is 292 g/mol. The summed E-state index contributed by atoms with van der Waals surface area (Å²) in [6, 6.07) is 11.0. The van der Waals surface area contributed by atoms with Gasteiger partial charge in [0.15, 0.2) is 0 Å². The fourth-order valence-corrected chi connectivity index (χ4v) is 2.58. The molecule has 1 fully saturated rings. The number of aromatic nitrogens is 2. The van der Waals surface area contributed by atoms with Crippen LogP contribution in [0.15, 0.2) is 42.7 Å². The van der Waals surface area contributed by atoms with Gasteiger partial charge in [-0.05, 0) is 37.1 Å². The first-order chi connectivity index (χ1) is 9.43. The van der Waals surface area contributed by atoms with Crippen molar-refractivity contribution in [1.29, 1.82) is 0 Å². The van der Waals surface area contributed by atoms with E-state index in [9.17, 15) is 0 Å². The number of hydrogen-bond donors (Lipinski definition) is 2. The summed E-state index contributed by atoms with van der Waals surface area (Å²) in [6.45, 7) is 3.12. The third kappa shape index (κ3) is 3.60. The van der Waals surface area contributed by atoms with Crippen LogP contribution in [0.25, 0.3) is 5.69 Å². The highest BCUT2D eigenvalue weighted by Crippen LogP contribution is 2.14. The van der Waals surface area contributed by atoms with E-state index in [-0.39, 0.29) is 12.4 Å². The van der Waals surface area contributed by atoms with Crippen molar-refractivity contribution < 1.29 is 0 Å². The van der Waals surface area contributed by atoms with Gasteiger partial charge in [-0.15, -0.1) is 12.4 Å². The lowest BCUT2D eigenvalue weighted by atomic mass is 10.1. The fourth-order valence-electron chi connectivity index (χ4n) is 2.58. The Morgan fingerprint density at radius 3 is 2.95 bits per heavy atom. The highest BCUT2D eigenvalue weighted by molar-refractivity contribution is 5.85. The Morgan fingerprint density at radius 2 is 2.20 bits per heavy atom. The molecule has 4 nitrogen and oxygen atoms in total. The number of para-hydroxylation sites is 1. The maximum absolute atomic E-state index is 4.32. The summed E-state index contributed by atoms with van der Waals surface area (Å²) in [5.41, 5.74) is 2.44. The highest BCUT2D eigenvalue weighted by atomic mass is 35.5. The molecule has 2 aromatic rings. The number of rotatable bonds is 4. The average molecular weight is 293 g/mol. The van der Waals surface area contributed by atoms with E-state index in [4.69, 9.17) is 0 Å². The Balaban J connectivity index is 0.00000147. The average Bonchev–Trinajstić information content (AvgIpc) is 3.01. The summed E-state index contributed by atoms with van der Waals surface area (Å²) < 4.78 is 1.93. The molecule has 1 atom stereocenters. The van der Waals surface area contributed by atoms with Crippen LogP contribution in [0, 0.1) is 0 Å². The van der Waals surface area contributed by atoms with Crippen molar-refractivity contribution in [2.75, 3.05) is 13.1 Å². The molecule has 1 aliphatic rings. The normalized spacial score (nSPS) is 18.5. The van der Waals surface area contributed by atoms with Crippen LogP contribution in [0.4, 0.5) is 0 Å². The minimum Gasteiger partial charge on any atom is -0.315 e. The van der Waals surface area contributed by atoms with Crippen molar-refractivity contribution in [3.05, 3.63) is 48.3 Å². The van der Waals surface area contributed by atoms with E-state index in [0.717, 1.165) is 25.3 Å². The molecule has 2 heterocycles. The Labute approximate surface area is 126 Å².